The van der Waals surface area contributed by atoms with Gasteiger partial charge >= 0.3 is 0 Å². The SMILES string of the molecule is C[C@@H](SN1CCOCC1)[C@](O)(Cn1cncn1)c1ccc(F)cc1F. The molecule has 25 heavy (non-hydrogen) atoms. The number of halogens is 2. The monoisotopic (exact) mass is 370 g/mol. The molecule has 0 unspecified atom stereocenters. The Bertz CT molecular complexity index is 697. The molecule has 2 heterocycles. The molecule has 9 heteroatoms. The number of ether oxygens (including phenoxy) is 1. The minimum absolute atomic E-state index is 0.00800. The summed E-state index contributed by atoms with van der Waals surface area (Å²) in [5.74, 6) is -1.46. The molecule has 1 aliphatic heterocycles. The van der Waals surface area contributed by atoms with Crippen molar-refractivity contribution < 1.29 is 18.6 Å². The van der Waals surface area contributed by atoms with Gasteiger partial charge in [-0.05, 0) is 13.0 Å². The van der Waals surface area contributed by atoms with Gasteiger partial charge in [0.25, 0.3) is 0 Å². The molecule has 6 nitrogen and oxygen atoms in total. The maximum atomic E-state index is 14.4. The van der Waals surface area contributed by atoms with Gasteiger partial charge in [-0.15, -0.1) is 0 Å². The maximum Gasteiger partial charge on any atom is 0.137 e. The Morgan fingerprint density at radius 3 is 2.76 bits per heavy atom. The highest BCUT2D eigenvalue weighted by atomic mass is 32.2. The fourth-order valence-corrected chi connectivity index (χ4v) is 3.98. The fraction of sp³-hybridized carbons (Fsp3) is 0.500. The average molecular weight is 370 g/mol. The summed E-state index contributed by atoms with van der Waals surface area (Å²) in [4.78, 5) is 3.86. The molecule has 136 valence electrons. The first-order valence-electron chi connectivity index (χ1n) is 7.99. The van der Waals surface area contributed by atoms with Gasteiger partial charge in [-0.2, -0.15) is 5.10 Å². The van der Waals surface area contributed by atoms with Gasteiger partial charge in [-0.3, -0.25) is 0 Å². The van der Waals surface area contributed by atoms with Gasteiger partial charge in [-0.1, -0.05) is 18.0 Å². The summed E-state index contributed by atoms with van der Waals surface area (Å²) in [6.45, 7) is 4.51. The van der Waals surface area contributed by atoms with Crippen LogP contribution in [0.2, 0.25) is 0 Å². The fourth-order valence-electron chi connectivity index (χ4n) is 2.80. The van der Waals surface area contributed by atoms with E-state index >= 15 is 0 Å². The second kappa shape index (κ2) is 7.77. The van der Waals surface area contributed by atoms with E-state index in [1.54, 1.807) is 0 Å². The summed E-state index contributed by atoms with van der Waals surface area (Å²) >= 11 is 1.44. The topological polar surface area (TPSA) is 63.4 Å². The summed E-state index contributed by atoms with van der Waals surface area (Å²) in [7, 11) is 0. The molecule has 0 spiro atoms. The first-order valence-corrected chi connectivity index (χ1v) is 8.82. The third-order valence-electron chi connectivity index (χ3n) is 4.22. The summed E-state index contributed by atoms with van der Waals surface area (Å²) in [6, 6.07) is 3.22. The zero-order chi connectivity index (χ0) is 17.9. The number of hydrogen-bond donors (Lipinski definition) is 1. The third kappa shape index (κ3) is 4.17. The highest BCUT2D eigenvalue weighted by Crippen LogP contribution is 2.37. The predicted molar refractivity (Wildman–Crippen MR) is 89.7 cm³/mol. The average Bonchev–Trinajstić information content (AvgIpc) is 3.08. The van der Waals surface area contributed by atoms with Crippen molar-refractivity contribution in [1.29, 1.82) is 0 Å². The number of aliphatic hydroxyl groups is 1. The summed E-state index contributed by atoms with van der Waals surface area (Å²) < 4.78 is 36.6. The van der Waals surface area contributed by atoms with E-state index in [1.165, 1.54) is 35.4 Å². The highest BCUT2D eigenvalue weighted by Gasteiger charge is 2.40. The highest BCUT2D eigenvalue weighted by molar-refractivity contribution is 7.97. The number of rotatable bonds is 6. The Morgan fingerprint density at radius 2 is 2.12 bits per heavy atom. The second-order valence-electron chi connectivity index (χ2n) is 5.93. The van der Waals surface area contributed by atoms with Crippen molar-refractivity contribution >= 4 is 11.9 Å². The molecule has 1 saturated heterocycles. The molecule has 1 aromatic heterocycles. The van der Waals surface area contributed by atoms with Crippen LogP contribution >= 0.6 is 11.9 Å². The molecule has 3 rings (SSSR count). The van der Waals surface area contributed by atoms with E-state index in [-0.39, 0.29) is 12.1 Å². The van der Waals surface area contributed by atoms with Crippen LogP contribution < -0.4 is 0 Å². The lowest BCUT2D eigenvalue weighted by molar-refractivity contribution is 0.0114. The molecular weight excluding hydrogens is 350 g/mol. The van der Waals surface area contributed by atoms with E-state index in [0.717, 1.165) is 25.2 Å². The summed E-state index contributed by atoms with van der Waals surface area (Å²) in [5, 5.41) is 15.0. The van der Waals surface area contributed by atoms with Gasteiger partial charge in [0.15, 0.2) is 0 Å². The van der Waals surface area contributed by atoms with Crippen molar-refractivity contribution in [3.63, 3.8) is 0 Å². The van der Waals surface area contributed by atoms with Crippen LogP contribution in [0.5, 0.6) is 0 Å². The Kier molecular flexibility index (Phi) is 5.67. The molecule has 2 aromatic rings. The van der Waals surface area contributed by atoms with E-state index in [2.05, 4.69) is 14.4 Å². The molecule has 1 aliphatic rings. The van der Waals surface area contributed by atoms with Crippen molar-refractivity contribution in [2.24, 2.45) is 0 Å². The number of nitrogens with zero attached hydrogens (tertiary/aromatic N) is 4. The van der Waals surface area contributed by atoms with Gasteiger partial charge in [0.2, 0.25) is 0 Å². The minimum atomic E-state index is -1.59. The smallest absolute Gasteiger partial charge is 0.137 e. The number of aromatic nitrogens is 3. The van der Waals surface area contributed by atoms with Gasteiger partial charge < -0.3 is 9.84 Å². The van der Waals surface area contributed by atoms with E-state index < -0.39 is 22.5 Å². The van der Waals surface area contributed by atoms with Crippen LogP contribution in [-0.4, -0.2) is 55.7 Å². The quantitative estimate of drug-likeness (QED) is 0.783. The Hall–Kier alpha value is -1.55. The molecule has 1 N–H and O–H groups in total. The summed E-state index contributed by atoms with van der Waals surface area (Å²) in [6.07, 6.45) is 2.81. The van der Waals surface area contributed by atoms with E-state index in [1.807, 2.05) is 6.92 Å². The van der Waals surface area contributed by atoms with Crippen LogP contribution in [0.3, 0.4) is 0 Å². The summed E-state index contributed by atoms with van der Waals surface area (Å²) in [5.41, 5.74) is -1.55. The van der Waals surface area contributed by atoms with Gasteiger partial charge in [0, 0.05) is 24.7 Å². The lowest BCUT2D eigenvalue weighted by Crippen LogP contribution is -2.44. The molecule has 0 amide bonds. The zero-order valence-electron chi connectivity index (χ0n) is 13.8. The molecule has 0 saturated carbocycles. The van der Waals surface area contributed by atoms with Crippen molar-refractivity contribution in [2.45, 2.75) is 24.3 Å². The van der Waals surface area contributed by atoms with Crippen LogP contribution in [0.15, 0.2) is 30.9 Å². The van der Waals surface area contributed by atoms with Crippen LogP contribution in [-0.2, 0) is 16.9 Å². The van der Waals surface area contributed by atoms with Crippen molar-refractivity contribution in [3.8, 4) is 0 Å². The lowest BCUT2D eigenvalue weighted by atomic mass is 9.90. The normalized spacial score (nSPS) is 19.5. The largest absolute Gasteiger partial charge is 0.382 e. The second-order valence-corrected chi connectivity index (χ2v) is 7.36. The number of benzene rings is 1. The molecule has 0 bridgehead atoms. The lowest BCUT2D eigenvalue weighted by Gasteiger charge is -2.37. The van der Waals surface area contributed by atoms with E-state index in [4.69, 9.17) is 4.74 Å². The number of morpholine rings is 1. The standard InChI is InChI=1S/C16H20F2N4O2S/c1-12(25-22-4-6-24-7-5-22)16(23,9-21-11-19-10-20-21)14-3-2-13(17)8-15(14)18/h2-3,8,10-12,23H,4-7,9H2,1H3/t12-,16-/m1/s1. The predicted octanol–water partition coefficient (Wildman–Crippen LogP) is 1.81. The van der Waals surface area contributed by atoms with Crippen LogP contribution in [0, 0.1) is 11.6 Å². The molecule has 2 atom stereocenters. The zero-order valence-corrected chi connectivity index (χ0v) is 14.6. The molecular formula is C16H20F2N4O2S. The van der Waals surface area contributed by atoms with E-state index in [9.17, 15) is 13.9 Å². The van der Waals surface area contributed by atoms with Crippen LogP contribution in [0.1, 0.15) is 12.5 Å². The third-order valence-corrected chi connectivity index (χ3v) is 5.59. The minimum Gasteiger partial charge on any atom is -0.382 e. The van der Waals surface area contributed by atoms with E-state index in [0.29, 0.717) is 13.2 Å². The molecule has 1 aromatic carbocycles. The van der Waals surface area contributed by atoms with Crippen molar-refractivity contribution in [2.75, 3.05) is 26.3 Å². The van der Waals surface area contributed by atoms with Gasteiger partial charge in [0.1, 0.15) is 29.9 Å². The van der Waals surface area contributed by atoms with Crippen molar-refractivity contribution in [3.05, 3.63) is 48.1 Å². The van der Waals surface area contributed by atoms with Gasteiger partial charge in [-0.25, -0.2) is 22.8 Å². The molecule has 0 aliphatic carbocycles. The van der Waals surface area contributed by atoms with Crippen molar-refractivity contribution in [1.82, 2.24) is 19.1 Å². The Morgan fingerprint density at radius 1 is 1.36 bits per heavy atom. The first kappa shape index (κ1) is 18.2. The molecule has 0 radical (unpaired) electrons. The first-order chi connectivity index (χ1) is 12.0. The Balaban J connectivity index is 1.89. The van der Waals surface area contributed by atoms with Gasteiger partial charge in [0.05, 0.1) is 25.0 Å². The Labute approximate surface area is 148 Å². The number of hydrogen-bond acceptors (Lipinski definition) is 6. The molecule has 1 fully saturated rings. The van der Waals surface area contributed by atoms with Crippen LogP contribution in [0.4, 0.5) is 8.78 Å². The maximum absolute atomic E-state index is 14.4. The van der Waals surface area contributed by atoms with Crippen LogP contribution in [0.25, 0.3) is 0 Å².